The second-order valence-electron chi connectivity index (χ2n) is 4.30. The van der Waals surface area contributed by atoms with Gasteiger partial charge in [-0.25, -0.2) is 13.6 Å². The number of halogens is 3. The normalized spacial score (nSPS) is 11.2. The number of hydrogen-bond acceptors (Lipinski definition) is 4. The van der Waals surface area contributed by atoms with Crippen LogP contribution in [0.1, 0.15) is 17.3 Å². The minimum Gasteiger partial charge on any atom is -0.462 e. The molecule has 0 fully saturated rings. The number of esters is 1. The first-order valence-corrected chi connectivity index (χ1v) is 6.81. The van der Waals surface area contributed by atoms with E-state index in [1.165, 1.54) is 11.1 Å². The van der Waals surface area contributed by atoms with Crippen LogP contribution < -0.4 is 0 Å². The number of ketones is 1. The molecule has 1 aromatic rings. The molecule has 0 aromatic heterocycles. The number of carbonyl (C=O) groups excluding carboxylic acids is 2. The molecule has 0 amide bonds. The summed E-state index contributed by atoms with van der Waals surface area (Å²) in [7, 11) is 3.20. The highest BCUT2D eigenvalue weighted by atomic mass is 79.9. The molecule has 0 N–H and O–H groups in total. The standard InChI is InChI=1S/C14H14BrF2NO3/c1-4-21-14(20)9(7-18(2)3)13(19)8-5-10(15)12(17)6-11(8)16/h5-7H,4H2,1-3H3. The number of hydrogen-bond donors (Lipinski definition) is 0. The second kappa shape index (κ2) is 7.31. The Morgan fingerprint density at radius 2 is 1.90 bits per heavy atom. The van der Waals surface area contributed by atoms with Crippen molar-refractivity contribution in [1.82, 2.24) is 4.90 Å². The summed E-state index contributed by atoms with van der Waals surface area (Å²) >= 11 is 2.88. The molecule has 0 radical (unpaired) electrons. The van der Waals surface area contributed by atoms with E-state index in [1.54, 1.807) is 21.0 Å². The van der Waals surface area contributed by atoms with Crippen LogP contribution in [0, 0.1) is 11.6 Å². The highest BCUT2D eigenvalue weighted by Crippen LogP contribution is 2.22. The van der Waals surface area contributed by atoms with Crippen molar-refractivity contribution in [3.05, 3.63) is 45.6 Å². The van der Waals surface area contributed by atoms with E-state index in [0.29, 0.717) is 6.07 Å². The molecule has 4 nitrogen and oxygen atoms in total. The van der Waals surface area contributed by atoms with E-state index in [9.17, 15) is 18.4 Å². The molecule has 7 heteroatoms. The first-order valence-electron chi connectivity index (χ1n) is 6.02. The molecule has 0 heterocycles. The molecule has 0 bridgehead atoms. The summed E-state index contributed by atoms with van der Waals surface area (Å²) in [6, 6.07) is 1.57. The summed E-state index contributed by atoms with van der Waals surface area (Å²) in [4.78, 5) is 25.6. The van der Waals surface area contributed by atoms with Crippen molar-refractivity contribution in [3.8, 4) is 0 Å². The van der Waals surface area contributed by atoms with Gasteiger partial charge in [0, 0.05) is 26.4 Å². The highest BCUT2D eigenvalue weighted by molar-refractivity contribution is 9.10. The molecular weight excluding hydrogens is 348 g/mol. The van der Waals surface area contributed by atoms with Crippen LogP contribution in [0.2, 0.25) is 0 Å². The van der Waals surface area contributed by atoms with Gasteiger partial charge in [0.05, 0.1) is 16.6 Å². The van der Waals surface area contributed by atoms with Gasteiger partial charge in [-0.2, -0.15) is 0 Å². The molecule has 0 aliphatic carbocycles. The first-order chi connectivity index (χ1) is 9.77. The number of ether oxygens (including phenoxy) is 1. The Morgan fingerprint density at radius 3 is 2.43 bits per heavy atom. The van der Waals surface area contributed by atoms with E-state index in [4.69, 9.17) is 4.74 Å². The Labute approximate surface area is 129 Å². The fourth-order valence-corrected chi connectivity index (χ4v) is 1.86. The fraction of sp³-hybridized carbons (Fsp3) is 0.286. The van der Waals surface area contributed by atoms with Crippen LogP contribution in [0.5, 0.6) is 0 Å². The molecular formula is C14H14BrF2NO3. The van der Waals surface area contributed by atoms with E-state index >= 15 is 0 Å². The Kier molecular flexibility index (Phi) is 6.02. The maximum atomic E-state index is 13.8. The number of carbonyl (C=O) groups is 2. The average Bonchev–Trinajstić information content (AvgIpc) is 2.39. The van der Waals surface area contributed by atoms with Crippen molar-refractivity contribution >= 4 is 27.7 Å². The lowest BCUT2D eigenvalue weighted by molar-refractivity contribution is -0.138. The van der Waals surface area contributed by atoms with E-state index < -0.39 is 29.0 Å². The van der Waals surface area contributed by atoms with Crippen LogP contribution in [0.4, 0.5) is 8.78 Å². The molecule has 21 heavy (non-hydrogen) atoms. The Hall–Kier alpha value is -1.76. The molecule has 1 rings (SSSR count). The largest absolute Gasteiger partial charge is 0.462 e. The average molecular weight is 362 g/mol. The molecule has 0 aliphatic rings. The molecule has 1 aromatic carbocycles. The van der Waals surface area contributed by atoms with Crippen molar-refractivity contribution < 1.29 is 23.1 Å². The van der Waals surface area contributed by atoms with Crippen molar-refractivity contribution in [3.63, 3.8) is 0 Å². The van der Waals surface area contributed by atoms with E-state index in [-0.39, 0.29) is 16.7 Å². The molecule has 0 spiro atoms. The van der Waals surface area contributed by atoms with Gasteiger partial charge in [-0.1, -0.05) is 0 Å². The predicted molar refractivity (Wildman–Crippen MR) is 76.8 cm³/mol. The monoisotopic (exact) mass is 361 g/mol. The van der Waals surface area contributed by atoms with Gasteiger partial charge >= 0.3 is 5.97 Å². The first kappa shape index (κ1) is 17.3. The van der Waals surface area contributed by atoms with Gasteiger partial charge in [0.1, 0.15) is 17.2 Å². The van der Waals surface area contributed by atoms with Crippen LogP contribution in [0.3, 0.4) is 0 Å². The van der Waals surface area contributed by atoms with Gasteiger partial charge in [-0.15, -0.1) is 0 Å². The topological polar surface area (TPSA) is 46.6 Å². The summed E-state index contributed by atoms with van der Waals surface area (Å²) in [5, 5.41) is 0. The zero-order valence-electron chi connectivity index (χ0n) is 11.7. The van der Waals surface area contributed by atoms with Crippen LogP contribution in [-0.4, -0.2) is 37.4 Å². The Bertz CT molecular complexity index is 600. The van der Waals surface area contributed by atoms with Crippen LogP contribution in [0.15, 0.2) is 28.4 Å². The lowest BCUT2D eigenvalue weighted by Gasteiger charge is -2.11. The lowest BCUT2D eigenvalue weighted by Crippen LogP contribution is -2.20. The number of Topliss-reactive ketones (excluding diaryl/α,β-unsaturated/α-hetero) is 1. The minimum absolute atomic E-state index is 0.0692. The zero-order chi connectivity index (χ0) is 16.2. The fourth-order valence-electron chi connectivity index (χ4n) is 1.51. The Balaban J connectivity index is 3.30. The maximum Gasteiger partial charge on any atom is 0.343 e. The third kappa shape index (κ3) is 4.35. The van der Waals surface area contributed by atoms with Crippen molar-refractivity contribution in [2.24, 2.45) is 0 Å². The van der Waals surface area contributed by atoms with Gasteiger partial charge in [0.2, 0.25) is 5.78 Å². The molecule has 0 unspecified atom stereocenters. The minimum atomic E-state index is -1.05. The molecule has 0 aliphatic heterocycles. The summed E-state index contributed by atoms with van der Waals surface area (Å²) < 4.78 is 31.7. The van der Waals surface area contributed by atoms with Crippen LogP contribution in [0.25, 0.3) is 0 Å². The van der Waals surface area contributed by atoms with Crippen molar-refractivity contribution in [2.45, 2.75) is 6.92 Å². The van der Waals surface area contributed by atoms with Crippen LogP contribution >= 0.6 is 15.9 Å². The van der Waals surface area contributed by atoms with E-state index in [2.05, 4.69) is 15.9 Å². The van der Waals surface area contributed by atoms with Gasteiger partial charge < -0.3 is 9.64 Å². The van der Waals surface area contributed by atoms with Crippen molar-refractivity contribution in [1.29, 1.82) is 0 Å². The molecule has 114 valence electrons. The lowest BCUT2D eigenvalue weighted by atomic mass is 10.0. The molecule has 0 atom stereocenters. The number of benzene rings is 1. The molecule has 0 saturated heterocycles. The smallest absolute Gasteiger partial charge is 0.343 e. The maximum absolute atomic E-state index is 13.8. The second-order valence-corrected chi connectivity index (χ2v) is 5.16. The summed E-state index contributed by atoms with van der Waals surface area (Å²) in [5.74, 6) is -3.62. The van der Waals surface area contributed by atoms with E-state index in [0.717, 1.165) is 6.07 Å². The van der Waals surface area contributed by atoms with Gasteiger partial charge in [-0.05, 0) is 28.9 Å². The van der Waals surface area contributed by atoms with E-state index in [1.807, 2.05) is 0 Å². The van der Waals surface area contributed by atoms with Crippen LogP contribution in [-0.2, 0) is 9.53 Å². The van der Waals surface area contributed by atoms with Gasteiger partial charge in [-0.3, -0.25) is 4.79 Å². The number of nitrogens with zero attached hydrogens (tertiary/aromatic N) is 1. The summed E-state index contributed by atoms with van der Waals surface area (Å²) in [5.41, 5.74) is -0.747. The molecule has 0 saturated carbocycles. The summed E-state index contributed by atoms with van der Waals surface area (Å²) in [6.07, 6.45) is 1.23. The zero-order valence-corrected chi connectivity index (χ0v) is 13.3. The highest BCUT2D eigenvalue weighted by Gasteiger charge is 2.25. The number of rotatable bonds is 5. The SMILES string of the molecule is CCOC(=O)C(=CN(C)C)C(=O)c1cc(Br)c(F)cc1F. The third-order valence-corrected chi connectivity index (χ3v) is 2.99. The summed E-state index contributed by atoms with van der Waals surface area (Å²) in [6.45, 7) is 1.66. The van der Waals surface area contributed by atoms with Gasteiger partial charge in [0.25, 0.3) is 0 Å². The quantitative estimate of drug-likeness (QED) is 0.202. The Morgan fingerprint density at radius 1 is 1.29 bits per heavy atom. The third-order valence-electron chi connectivity index (χ3n) is 2.38. The van der Waals surface area contributed by atoms with Crippen molar-refractivity contribution in [2.75, 3.05) is 20.7 Å². The predicted octanol–water partition coefficient (Wildman–Crippen LogP) is 2.92. The van der Waals surface area contributed by atoms with Gasteiger partial charge in [0.15, 0.2) is 0 Å².